The van der Waals surface area contributed by atoms with Gasteiger partial charge in [-0.25, -0.2) is 0 Å². The van der Waals surface area contributed by atoms with Crippen LogP contribution in [-0.2, 0) is 11.8 Å². The third-order valence-electron chi connectivity index (χ3n) is 5.26. The molecule has 1 amide bonds. The molecule has 1 aliphatic heterocycles. The molecule has 0 bridgehead atoms. The van der Waals surface area contributed by atoms with E-state index in [1.165, 1.54) is 16.3 Å². The van der Waals surface area contributed by atoms with Crippen LogP contribution in [0.1, 0.15) is 56.7 Å². The van der Waals surface area contributed by atoms with Gasteiger partial charge in [-0.1, -0.05) is 51.2 Å². The Morgan fingerprint density at radius 3 is 2.57 bits per heavy atom. The molecule has 8 heteroatoms. The summed E-state index contributed by atoms with van der Waals surface area (Å²) in [6.45, 7) is 9.47. The summed E-state index contributed by atoms with van der Waals surface area (Å²) < 4.78 is 2.06. The number of rotatable bonds is 8. The number of thiocarbonyl (C=S) groups is 1. The number of hydrogen-bond acceptors (Lipinski definition) is 6. The van der Waals surface area contributed by atoms with Gasteiger partial charge in [0, 0.05) is 32.7 Å². The number of nitrogens with zero attached hydrogens (tertiary/aromatic N) is 4. The Kier molecular flexibility index (Phi) is 8.27. The van der Waals surface area contributed by atoms with E-state index in [1.807, 2.05) is 18.0 Å². The zero-order chi connectivity index (χ0) is 22.6. The van der Waals surface area contributed by atoms with Gasteiger partial charge in [0.2, 0.25) is 0 Å². The Balaban J connectivity index is 2.59. The lowest BCUT2D eigenvalue weighted by Gasteiger charge is -2.25. The minimum Gasteiger partial charge on any atom is -0.360 e. The van der Waals surface area contributed by atoms with E-state index in [-0.39, 0.29) is 17.0 Å². The topological polar surface area (TPSA) is 69.3 Å². The first kappa shape index (κ1) is 24.2. The fraction of sp³-hybridized carbons (Fsp3) is 0.545. The van der Waals surface area contributed by atoms with Crippen molar-refractivity contribution >= 4 is 46.1 Å². The smallest absolute Gasteiger partial charge is 0.270 e. The highest BCUT2D eigenvalue weighted by Gasteiger charge is 2.32. The van der Waals surface area contributed by atoms with Gasteiger partial charge in [0.1, 0.15) is 21.8 Å². The Labute approximate surface area is 188 Å². The third-order valence-corrected chi connectivity index (χ3v) is 6.63. The van der Waals surface area contributed by atoms with E-state index < -0.39 is 0 Å². The van der Waals surface area contributed by atoms with Crippen molar-refractivity contribution in [3.05, 3.63) is 31.9 Å². The van der Waals surface area contributed by atoms with Crippen molar-refractivity contribution in [2.75, 3.05) is 25.0 Å². The van der Waals surface area contributed by atoms with Crippen molar-refractivity contribution in [3.8, 4) is 6.07 Å². The van der Waals surface area contributed by atoms with Crippen LogP contribution >= 0.6 is 24.0 Å². The molecular formula is C22H30N4O2S2. The SMILES string of the molecule is CCCCN(C)c1c(/C=C2\SC(=S)N(CCC(C)C)C2=O)c(C)c(C#N)c(=O)n1C. The summed E-state index contributed by atoms with van der Waals surface area (Å²) in [5, 5.41) is 9.54. The van der Waals surface area contributed by atoms with Crippen LogP contribution < -0.4 is 10.5 Å². The first-order chi connectivity index (χ1) is 14.1. The van der Waals surface area contributed by atoms with E-state index in [1.54, 1.807) is 24.9 Å². The number of thioether (sulfide) groups is 1. The molecule has 0 aromatic carbocycles. The highest BCUT2D eigenvalue weighted by molar-refractivity contribution is 8.26. The van der Waals surface area contributed by atoms with Crippen molar-refractivity contribution < 1.29 is 4.79 Å². The van der Waals surface area contributed by atoms with Crippen molar-refractivity contribution in [2.45, 2.75) is 47.0 Å². The molecule has 162 valence electrons. The highest BCUT2D eigenvalue weighted by atomic mass is 32.2. The quantitative estimate of drug-likeness (QED) is 0.443. The number of nitriles is 1. The number of anilines is 1. The number of amides is 1. The van der Waals surface area contributed by atoms with Gasteiger partial charge in [0.15, 0.2) is 0 Å². The first-order valence-corrected chi connectivity index (χ1v) is 11.5. The van der Waals surface area contributed by atoms with Crippen LogP contribution in [0.2, 0.25) is 0 Å². The molecule has 30 heavy (non-hydrogen) atoms. The maximum Gasteiger partial charge on any atom is 0.270 e. The van der Waals surface area contributed by atoms with E-state index in [4.69, 9.17) is 12.2 Å². The van der Waals surface area contributed by atoms with Gasteiger partial charge in [-0.2, -0.15) is 5.26 Å². The molecule has 0 aliphatic carbocycles. The molecule has 0 unspecified atom stereocenters. The van der Waals surface area contributed by atoms with E-state index in [0.29, 0.717) is 33.1 Å². The standard InChI is InChI=1S/C22H30N4O2S2/c1-7-8-10-24(5)19-16(15(4)17(13-23)20(27)25(19)6)12-18-21(28)26(22(29)30-18)11-9-14(2)3/h12,14H,7-11H2,1-6H3/b18-12-. The molecule has 0 atom stereocenters. The van der Waals surface area contributed by atoms with Crippen LogP contribution in [0, 0.1) is 24.2 Å². The predicted octanol–water partition coefficient (Wildman–Crippen LogP) is 4.05. The molecule has 2 rings (SSSR count). The second-order valence-electron chi connectivity index (χ2n) is 8.00. The lowest BCUT2D eigenvalue weighted by atomic mass is 10.0. The van der Waals surface area contributed by atoms with Gasteiger partial charge in [0.25, 0.3) is 11.5 Å². The molecule has 6 nitrogen and oxygen atoms in total. The molecule has 0 saturated carbocycles. The summed E-state index contributed by atoms with van der Waals surface area (Å²) in [4.78, 5) is 29.9. The molecule has 1 saturated heterocycles. The van der Waals surface area contributed by atoms with Gasteiger partial charge in [-0.05, 0) is 37.3 Å². The average Bonchev–Trinajstić information content (AvgIpc) is 2.95. The number of carbonyl (C=O) groups is 1. The molecule has 1 aromatic heterocycles. The van der Waals surface area contributed by atoms with Crippen LogP contribution in [0.25, 0.3) is 6.08 Å². The van der Waals surface area contributed by atoms with Crippen LogP contribution in [0.5, 0.6) is 0 Å². The third kappa shape index (κ3) is 4.96. The van der Waals surface area contributed by atoms with E-state index >= 15 is 0 Å². The second kappa shape index (κ2) is 10.3. The zero-order valence-electron chi connectivity index (χ0n) is 18.6. The zero-order valence-corrected chi connectivity index (χ0v) is 20.2. The minimum absolute atomic E-state index is 0.103. The largest absolute Gasteiger partial charge is 0.360 e. The highest BCUT2D eigenvalue weighted by Crippen LogP contribution is 2.35. The van der Waals surface area contributed by atoms with Gasteiger partial charge in [0.05, 0.1) is 4.91 Å². The Hall–Kier alpha value is -2.11. The molecule has 0 spiro atoms. The van der Waals surface area contributed by atoms with Gasteiger partial charge < -0.3 is 4.90 Å². The minimum atomic E-state index is -0.324. The van der Waals surface area contributed by atoms with Crippen LogP contribution in [0.3, 0.4) is 0 Å². The maximum atomic E-state index is 13.0. The predicted molar refractivity (Wildman–Crippen MR) is 129 cm³/mol. The van der Waals surface area contributed by atoms with Gasteiger partial charge in [-0.3, -0.25) is 19.1 Å². The lowest BCUT2D eigenvalue weighted by Crippen LogP contribution is -2.31. The average molecular weight is 447 g/mol. The van der Waals surface area contributed by atoms with Gasteiger partial charge >= 0.3 is 0 Å². The van der Waals surface area contributed by atoms with Gasteiger partial charge in [-0.15, -0.1) is 0 Å². The molecule has 1 aliphatic rings. The Bertz CT molecular complexity index is 973. The number of pyridine rings is 1. The molecule has 0 N–H and O–H groups in total. The fourth-order valence-electron chi connectivity index (χ4n) is 3.39. The van der Waals surface area contributed by atoms with Crippen LogP contribution in [0.15, 0.2) is 9.70 Å². The van der Waals surface area contributed by atoms with Crippen molar-refractivity contribution in [1.29, 1.82) is 5.26 Å². The molecule has 0 radical (unpaired) electrons. The Morgan fingerprint density at radius 1 is 1.33 bits per heavy atom. The summed E-state index contributed by atoms with van der Waals surface area (Å²) >= 11 is 6.72. The normalized spacial score (nSPS) is 15.4. The first-order valence-electron chi connectivity index (χ1n) is 10.2. The molecule has 2 heterocycles. The van der Waals surface area contributed by atoms with Crippen molar-refractivity contribution in [1.82, 2.24) is 9.47 Å². The summed E-state index contributed by atoms with van der Waals surface area (Å²) in [5.41, 5.74) is 1.09. The summed E-state index contributed by atoms with van der Waals surface area (Å²) in [6, 6.07) is 2.03. The summed E-state index contributed by atoms with van der Waals surface area (Å²) in [7, 11) is 3.60. The van der Waals surface area contributed by atoms with Crippen LogP contribution in [0.4, 0.5) is 5.82 Å². The fourth-order valence-corrected chi connectivity index (χ4v) is 4.68. The maximum absolute atomic E-state index is 13.0. The van der Waals surface area contributed by atoms with Crippen molar-refractivity contribution in [3.63, 3.8) is 0 Å². The molecule has 1 fully saturated rings. The van der Waals surface area contributed by atoms with Crippen LogP contribution in [-0.4, -0.2) is 39.8 Å². The number of carbonyl (C=O) groups excluding carboxylic acids is 1. The molecule has 1 aromatic rings. The summed E-state index contributed by atoms with van der Waals surface area (Å²) in [5.74, 6) is 1.07. The van der Waals surface area contributed by atoms with E-state index in [9.17, 15) is 14.9 Å². The monoisotopic (exact) mass is 446 g/mol. The number of aromatic nitrogens is 1. The lowest BCUT2D eigenvalue weighted by molar-refractivity contribution is -0.122. The number of hydrogen-bond donors (Lipinski definition) is 0. The molecular weight excluding hydrogens is 416 g/mol. The Morgan fingerprint density at radius 2 is 2.00 bits per heavy atom. The second-order valence-corrected chi connectivity index (χ2v) is 9.68. The van der Waals surface area contributed by atoms with Crippen molar-refractivity contribution in [2.24, 2.45) is 13.0 Å². The van der Waals surface area contributed by atoms with E-state index in [2.05, 4.69) is 20.8 Å². The summed E-state index contributed by atoms with van der Waals surface area (Å²) in [6.07, 6.45) is 4.67. The number of unbranched alkanes of at least 4 members (excludes halogenated alkanes) is 1. The van der Waals surface area contributed by atoms with E-state index in [0.717, 1.165) is 31.4 Å².